The minimum atomic E-state index is 0.0326. The van der Waals surface area contributed by atoms with E-state index in [0.29, 0.717) is 26.1 Å². The molecule has 2 amide bonds. The maximum atomic E-state index is 12.6. The van der Waals surface area contributed by atoms with Gasteiger partial charge in [0.15, 0.2) is 0 Å². The Labute approximate surface area is 189 Å². The molecule has 1 heterocycles. The molecule has 6 heteroatoms. The van der Waals surface area contributed by atoms with Gasteiger partial charge in [-0.3, -0.25) is 14.5 Å². The van der Waals surface area contributed by atoms with Gasteiger partial charge in [0.25, 0.3) is 0 Å². The molecular formula is C25H31N3O2S. The summed E-state index contributed by atoms with van der Waals surface area (Å²) in [6.45, 7) is 3.98. The summed E-state index contributed by atoms with van der Waals surface area (Å²) in [5.74, 6) is 1.02. The van der Waals surface area contributed by atoms with E-state index in [9.17, 15) is 9.59 Å². The van der Waals surface area contributed by atoms with Crippen LogP contribution >= 0.6 is 11.8 Å². The summed E-state index contributed by atoms with van der Waals surface area (Å²) >= 11 is 1.67. The number of carbonyl (C=O) groups is 2. The predicted octanol–water partition coefficient (Wildman–Crippen LogP) is 3.63. The first kappa shape index (κ1) is 23.1. The van der Waals surface area contributed by atoms with Crippen LogP contribution in [0.3, 0.4) is 0 Å². The Morgan fingerprint density at radius 2 is 1.68 bits per heavy atom. The number of benzene rings is 2. The van der Waals surface area contributed by atoms with Crippen molar-refractivity contribution in [3.05, 3.63) is 77.2 Å². The lowest BCUT2D eigenvalue weighted by Gasteiger charge is -2.21. The molecule has 1 N–H and O–H groups in total. The number of rotatable bonds is 9. The van der Waals surface area contributed by atoms with Crippen LogP contribution < -0.4 is 5.32 Å². The second-order valence-corrected chi connectivity index (χ2v) is 8.62. The number of amides is 2. The van der Waals surface area contributed by atoms with Gasteiger partial charge >= 0.3 is 0 Å². The molecule has 1 saturated heterocycles. The third-order valence-corrected chi connectivity index (χ3v) is 6.00. The Morgan fingerprint density at radius 3 is 2.45 bits per heavy atom. The van der Waals surface area contributed by atoms with Crippen LogP contribution in [0.4, 0.5) is 0 Å². The Balaban J connectivity index is 1.32. The quantitative estimate of drug-likeness (QED) is 0.609. The summed E-state index contributed by atoms with van der Waals surface area (Å²) in [5.41, 5.74) is 2.27. The maximum absolute atomic E-state index is 12.6. The number of hydrogen-bond donors (Lipinski definition) is 1. The van der Waals surface area contributed by atoms with Crippen LogP contribution in [0, 0.1) is 0 Å². The van der Waals surface area contributed by atoms with Gasteiger partial charge in [-0.25, -0.2) is 0 Å². The molecule has 2 aromatic carbocycles. The molecule has 0 aromatic heterocycles. The van der Waals surface area contributed by atoms with Crippen LogP contribution in [-0.2, 0) is 16.1 Å². The molecule has 5 nitrogen and oxygen atoms in total. The molecule has 0 unspecified atom stereocenters. The van der Waals surface area contributed by atoms with Crippen molar-refractivity contribution in [2.75, 3.05) is 38.5 Å². The summed E-state index contributed by atoms with van der Waals surface area (Å²) < 4.78 is 0. The Bertz CT molecular complexity index is 842. The van der Waals surface area contributed by atoms with Crippen molar-refractivity contribution in [1.82, 2.24) is 15.1 Å². The number of nitrogens with one attached hydrogen (secondary N) is 1. The molecular weight excluding hydrogens is 406 g/mol. The molecule has 0 aliphatic carbocycles. The molecule has 164 valence electrons. The summed E-state index contributed by atoms with van der Waals surface area (Å²) in [5, 5.41) is 5.04. The third kappa shape index (κ3) is 8.59. The van der Waals surface area contributed by atoms with Gasteiger partial charge in [0.05, 0.1) is 6.54 Å². The normalized spacial score (nSPS) is 15.0. The van der Waals surface area contributed by atoms with Gasteiger partial charge in [-0.05, 0) is 29.0 Å². The molecule has 3 rings (SSSR count). The minimum Gasteiger partial charge on any atom is -0.351 e. The lowest BCUT2D eigenvalue weighted by molar-refractivity contribution is -0.130. The minimum absolute atomic E-state index is 0.0326. The molecule has 1 aliphatic rings. The fraction of sp³-hybridized carbons (Fsp3) is 0.360. The standard InChI is InChI=1S/C25H31N3O2S/c29-24(26-20-23-10-5-2-6-11-23)21-27-14-7-15-28(17-16-27)25(30)13-19-31-18-12-22-8-3-1-4-9-22/h1-6,8-12,18H,7,13-17,19-21H2,(H,26,29). The van der Waals surface area contributed by atoms with E-state index in [0.717, 1.165) is 37.4 Å². The zero-order chi connectivity index (χ0) is 21.7. The molecule has 0 radical (unpaired) electrons. The molecule has 0 spiro atoms. The summed E-state index contributed by atoms with van der Waals surface area (Å²) in [4.78, 5) is 28.9. The van der Waals surface area contributed by atoms with Gasteiger partial charge in [0.2, 0.25) is 11.8 Å². The SMILES string of the molecule is O=C(CN1CCCN(C(=O)CCSC=Cc2ccccc2)CC1)NCc1ccccc1. The Kier molecular flexibility index (Phi) is 9.67. The fourth-order valence-electron chi connectivity index (χ4n) is 3.50. The highest BCUT2D eigenvalue weighted by Crippen LogP contribution is 2.12. The zero-order valence-electron chi connectivity index (χ0n) is 17.9. The van der Waals surface area contributed by atoms with Crippen LogP contribution in [-0.4, -0.2) is 60.1 Å². The predicted molar refractivity (Wildman–Crippen MR) is 128 cm³/mol. The molecule has 1 aliphatic heterocycles. The van der Waals surface area contributed by atoms with Crippen LogP contribution in [0.25, 0.3) is 6.08 Å². The largest absolute Gasteiger partial charge is 0.351 e. The van der Waals surface area contributed by atoms with Crippen molar-refractivity contribution in [2.24, 2.45) is 0 Å². The highest BCUT2D eigenvalue weighted by Gasteiger charge is 2.20. The fourth-order valence-corrected chi connectivity index (χ4v) is 4.18. The van der Waals surface area contributed by atoms with Gasteiger partial charge in [-0.1, -0.05) is 60.7 Å². The van der Waals surface area contributed by atoms with E-state index in [2.05, 4.69) is 33.8 Å². The van der Waals surface area contributed by atoms with Gasteiger partial charge in [-0.2, -0.15) is 0 Å². The monoisotopic (exact) mass is 437 g/mol. The molecule has 0 saturated carbocycles. The van der Waals surface area contributed by atoms with E-state index < -0.39 is 0 Å². The molecule has 0 bridgehead atoms. The second kappa shape index (κ2) is 13.0. The lowest BCUT2D eigenvalue weighted by atomic mass is 10.2. The van der Waals surface area contributed by atoms with E-state index in [1.54, 1.807) is 11.8 Å². The van der Waals surface area contributed by atoms with Crippen LogP contribution in [0.5, 0.6) is 0 Å². The second-order valence-electron chi connectivity index (χ2n) is 7.61. The van der Waals surface area contributed by atoms with Crippen LogP contribution in [0.2, 0.25) is 0 Å². The van der Waals surface area contributed by atoms with Crippen molar-refractivity contribution in [3.8, 4) is 0 Å². The van der Waals surface area contributed by atoms with Crippen molar-refractivity contribution >= 4 is 29.7 Å². The smallest absolute Gasteiger partial charge is 0.234 e. The van der Waals surface area contributed by atoms with Crippen molar-refractivity contribution in [3.63, 3.8) is 0 Å². The van der Waals surface area contributed by atoms with Crippen molar-refractivity contribution < 1.29 is 9.59 Å². The van der Waals surface area contributed by atoms with E-state index in [1.807, 2.05) is 53.4 Å². The number of hydrogen-bond acceptors (Lipinski definition) is 4. The number of thioether (sulfide) groups is 1. The molecule has 1 fully saturated rings. The first-order chi connectivity index (χ1) is 15.2. The number of carbonyl (C=O) groups excluding carboxylic acids is 2. The first-order valence-corrected chi connectivity index (χ1v) is 11.9. The van der Waals surface area contributed by atoms with Crippen LogP contribution in [0.15, 0.2) is 66.1 Å². The summed E-state index contributed by atoms with van der Waals surface area (Å²) in [6.07, 6.45) is 3.52. The molecule has 0 atom stereocenters. The topological polar surface area (TPSA) is 52.7 Å². The molecule has 31 heavy (non-hydrogen) atoms. The van der Waals surface area contributed by atoms with E-state index >= 15 is 0 Å². The van der Waals surface area contributed by atoms with Gasteiger partial charge in [-0.15, -0.1) is 11.8 Å². The van der Waals surface area contributed by atoms with E-state index in [-0.39, 0.29) is 11.8 Å². The van der Waals surface area contributed by atoms with Gasteiger partial charge in [0, 0.05) is 44.9 Å². The van der Waals surface area contributed by atoms with Crippen molar-refractivity contribution in [1.29, 1.82) is 0 Å². The lowest BCUT2D eigenvalue weighted by Crippen LogP contribution is -2.40. The van der Waals surface area contributed by atoms with Crippen molar-refractivity contribution in [2.45, 2.75) is 19.4 Å². The third-order valence-electron chi connectivity index (χ3n) is 5.23. The summed E-state index contributed by atoms with van der Waals surface area (Å²) in [6, 6.07) is 20.1. The zero-order valence-corrected chi connectivity index (χ0v) is 18.7. The average molecular weight is 438 g/mol. The highest BCUT2D eigenvalue weighted by atomic mass is 32.2. The first-order valence-electron chi connectivity index (χ1n) is 10.8. The Hall–Kier alpha value is -2.57. The maximum Gasteiger partial charge on any atom is 0.234 e. The number of nitrogens with zero attached hydrogens (tertiary/aromatic N) is 2. The molecule has 2 aromatic rings. The highest BCUT2D eigenvalue weighted by molar-refractivity contribution is 8.02. The Morgan fingerprint density at radius 1 is 0.935 bits per heavy atom. The van der Waals surface area contributed by atoms with E-state index in [1.165, 1.54) is 5.56 Å². The summed E-state index contributed by atoms with van der Waals surface area (Å²) in [7, 11) is 0. The van der Waals surface area contributed by atoms with Crippen LogP contribution in [0.1, 0.15) is 24.0 Å². The van der Waals surface area contributed by atoms with E-state index in [4.69, 9.17) is 0 Å². The van der Waals surface area contributed by atoms with Gasteiger partial charge < -0.3 is 10.2 Å². The van der Waals surface area contributed by atoms with Gasteiger partial charge in [0.1, 0.15) is 0 Å². The average Bonchev–Trinajstić information content (AvgIpc) is 3.04.